The van der Waals surface area contributed by atoms with E-state index >= 15 is 0 Å². The summed E-state index contributed by atoms with van der Waals surface area (Å²) in [5.41, 5.74) is 5.68. The van der Waals surface area contributed by atoms with Crippen molar-refractivity contribution in [2.75, 3.05) is 19.6 Å². The van der Waals surface area contributed by atoms with Crippen LogP contribution in [-0.4, -0.2) is 30.6 Å². The molecule has 1 aliphatic heterocycles. The number of fused-ring (bicyclic) bond motifs is 1. The number of likely N-dealkylation sites (N-methyl/N-ethyl adjacent to an activating group) is 1. The van der Waals surface area contributed by atoms with Crippen LogP contribution in [0.25, 0.3) is 0 Å². The van der Waals surface area contributed by atoms with Crippen molar-refractivity contribution in [1.29, 1.82) is 0 Å². The largest absolute Gasteiger partial charge is 0.329 e. The van der Waals surface area contributed by atoms with Crippen LogP contribution in [0.4, 0.5) is 0 Å². The Bertz CT molecular complexity index is 135. The smallest absolute Gasteiger partial charge is 0.0249 e. The highest BCUT2D eigenvalue weighted by molar-refractivity contribution is 5.04. The van der Waals surface area contributed by atoms with Crippen LogP contribution in [0, 0.1) is 11.8 Å². The first-order valence-corrected chi connectivity index (χ1v) is 4.31. The van der Waals surface area contributed by atoms with Gasteiger partial charge < -0.3 is 5.73 Å². The van der Waals surface area contributed by atoms with Crippen molar-refractivity contribution in [3.8, 4) is 0 Å². The van der Waals surface area contributed by atoms with Gasteiger partial charge in [0.15, 0.2) is 0 Å². The van der Waals surface area contributed by atoms with Crippen LogP contribution in [-0.2, 0) is 0 Å². The molecule has 1 saturated carbocycles. The molecular formula is C8H16N2. The first-order chi connectivity index (χ1) is 4.86. The summed E-state index contributed by atoms with van der Waals surface area (Å²) < 4.78 is 0. The van der Waals surface area contributed by atoms with Gasteiger partial charge in [-0.25, -0.2) is 0 Å². The molecule has 0 aromatic rings. The summed E-state index contributed by atoms with van der Waals surface area (Å²) in [6.45, 7) is 5.61. The molecule has 10 heavy (non-hydrogen) atoms. The van der Waals surface area contributed by atoms with Crippen LogP contribution in [0.5, 0.6) is 0 Å². The van der Waals surface area contributed by atoms with Crippen molar-refractivity contribution in [3.05, 3.63) is 0 Å². The lowest BCUT2D eigenvalue weighted by atomic mass is 10.2. The minimum atomic E-state index is 0.731. The fraction of sp³-hybridized carbons (Fsp3) is 1.00. The van der Waals surface area contributed by atoms with E-state index in [1.807, 2.05) is 0 Å². The van der Waals surface area contributed by atoms with E-state index in [0.717, 1.165) is 24.4 Å². The van der Waals surface area contributed by atoms with Gasteiger partial charge in [0.2, 0.25) is 0 Å². The second kappa shape index (κ2) is 2.21. The summed E-state index contributed by atoms with van der Waals surface area (Å²) >= 11 is 0. The molecule has 0 aromatic heterocycles. The molecule has 2 aliphatic rings. The van der Waals surface area contributed by atoms with Crippen molar-refractivity contribution in [1.82, 2.24) is 4.90 Å². The van der Waals surface area contributed by atoms with Crippen molar-refractivity contribution in [2.45, 2.75) is 19.4 Å². The van der Waals surface area contributed by atoms with E-state index in [9.17, 15) is 0 Å². The Morgan fingerprint density at radius 3 is 2.90 bits per heavy atom. The minimum Gasteiger partial charge on any atom is -0.329 e. The average molecular weight is 140 g/mol. The molecule has 1 saturated heterocycles. The van der Waals surface area contributed by atoms with Crippen LogP contribution in [0.2, 0.25) is 0 Å². The molecule has 1 aliphatic carbocycles. The molecule has 3 atom stereocenters. The van der Waals surface area contributed by atoms with Crippen molar-refractivity contribution >= 4 is 0 Å². The van der Waals surface area contributed by atoms with Crippen molar-refractivity contribution in [3.63, 3.8) is 0 Å². The van der Waals surface area contributed by atoms with Gasteiger partial charge in [-0.15, -0.1) is 0 Å². The number of hydrogen-bond acceptors (Lipinski definition) is 2. The fourth-order valence-corrected chi connectivity index (χ4v) is 2.35. The monoisotopic (exact) mass is 140 g/mol. The van der Waals surface area contributed by atoms with E-state index in [2.05, 4.69) is 11.8 Å². The molecule has 2 rings (SSSR count). The predicted octanol–water partition coefficient (Wildman–Crippen LogP) is 0.285. The summed E-state index contributed by atoms with van der Waals surface area (Å²) in [4.78, 5) is 2.53. The number of nitrogens with two attached hydrogens (primary N) is 1. The van der Waals surface area contributed by atoms with Gasteiger partial charge in [0, 0.05) is 19.1 Å². The van der Waals surface area contributed by atoms with Crippen LogP contribution >= 0.6 is 0 Å². The maximum atomic E-state index is 5.68. The Hall–Kier alpha value is -0.0800. The summed E-state index contributed by atoms with van der Waals surface area (Å²) in [7, 11) is 0. The molecule has 0 bridgehead atoms. The Labute approximate surface area is 62.4 Å². The summed E-state index contributed by atoms with van der Waals surface area (Å²) in [6.07, 6.45) is 1.46. The SMILES string of the molecule is CCN1CC2CC2C1CN. The van der Waals surface area contributed by atoms with Gasteiger partial charge in [-0.3, -0.25) is 4.90 Å². The first kappa shape index (κ1) is 6.62. The maximum absolute atomic E-state index is 5.68. The van der Waals surface area contributed by atoms with E-state index in [1.54, 1.807) is 0 Å². The van der Waals surface area contributed by atoms with Crippen LogP contribution in [0.3, 0.4) is 0 Å². The molecule has 2 fully saturated rings. The molecular weight excluding hydrogens is 124 g/mol. The fourth-order valence-electron chi connectivity index (χ4n) is 2.35. The molecule has 0 amide bonds. The molecule has 2 nitrogen and oxygen atoms in total. The van der Waals surface area contributed by atoms with Crippen LogP contribution < -0.4 is 5.73 Å². The molecule has 0 radical (unpaired) electrons. The lowest BCUT2D eigenvalue weighted by Gasteiger charge is -2.24. The average Bonchev–Trinajstić information content (AvgIpc) is 2.63. The van der Waals surface area contributed by atoms with Crippen molar-refractivity contribution < 1.29 is 0 Å². The third kappa shape index (κ3) is 0.789. The molecule has 1 heterocycles. The zero-order valence-electron chi connectivity index (χ0n) is 6.59. The normalized spacial score (nSPS) is 45.6. The van der Waals surface area contributed by atoms with Gasteiger partial charge >= 0.3 is 0 Å². The second-order valence-corrected chi connectivity index (χ2v) is 3.55. The molecule has 2 heteroatoms. The number of nitrogens with zero attached hydrogens (tertiary/aromatic N) is 1. The number of hydrogen-bond donors (Lipinski definition) is 1. The van der Waals surface area contributed by atoms with Gasteiger partial charge in [-0.05, 0) is 24.8 Å². The van der Waals surface area contributed by atoms with Gasteiger partial charge in [-0.1, -0.05) is 6.92 Å². The molecule has 3 unspecified atom stereocenters. The van der Waals surface area contributed by atoms with Gasteiger partial charge in [0.05, 0.1) is 0 Å². The van der Waals surface area contributed by atoms with Gasteiger partial charge in [0.1, 0.15) is 0 Å². The number of rotatable bonds is 2. The first-order valence-electron chi connectivity index (χ1n) is 4.31. The highest BCUT2D eigenvalue weighted by Crippen LogP contribution is 2.48. The second-order valence-electron chi connectivity index (χ2n) is 3.55. The van der Waals surface area contributed by atoms with E-state index in [-0.39, 0.29) is 0 Å². The van der Waals surface area contributed by atoms with E-state index < -0.39 is 0 Å². The summed E-state index contributed by atoms with van der Waals surface area (Å²) in [5, 5.41) is 0. The molecule has 2 N–H and O–H groups in total. The third-order valence-electron chi connectivity index (χ3n) is 3.06. The number of likely N-dealkylation sites (tertiary alicyclic amines) is 1. The van der Waals surface area contributed by atoms with E-state index in [4.69, 9.17) is 5.73 Å². The predicted molar refractivity (Wildman–Crippen MR) is 41.7 cm³/mol. The van der Waals surface area contributed by atoms with E-state index in [0.29, 0.717) is 0 Å². The topological polar surface area (TPSA) is 29.3 Å². The quantitative estimate of drug-likeness (QED) is 0.597. The van der Waals surface area contributed by atoms with Crippen molar-refractivity contribution in [2.24, 2.45) is 17.6 Å². The zero-order valence-corrected chi connectivity index (χ0v) is 6.59. The Morgan fingerprint density at radius 1 is 1.60 bits per heavy atom. The van der Waals surface area contributed by atoms with E-state index in [1.165, 1.54) is 19.5 Å². The summed E-state index contributed by atoms with van der Waals surface area (Å²) in [5.74, 6) is 2.00. The maximum Gasteiger partial charge on any atom is 0.0249 e. The lowest BCUT2D eigenvalue weighted by Crippen LogP contribution is -2.38. The Kier molecular flexibility index (Phi) is 1.46. The third-order valence-corrected chi connectivity index (χ3v) is 3.06. The highest BCUT2D eigenvalue weighted by atomic mass is 15.2. The van der Waals surface area contributed by atoms with Crippen LogP contribution in [0.15, 0.2) is 0 Å². The van der Waals surface area contributed by atoms with Gasteiger partial charge in [0.25, 0.3) is 0 Å². The van der Waals surface area contributed by atoms with Gasteiger partial charge in [-0.2, -0.15) is 0 Å². The lowest BCUT2D eigenvalue weighted by molar-refractivity contribution is 0.236. The Balaban J connectivity index is 1.98. The molecule has 0 aromatic carbocycles. The highest BCUT2D eigenvalue weighted by Gasteiger charge is 2.50. The zero-order chi connectivity index (χ0) is 7.14. The molecule has 58 valence electrons. The minimum absolute atomic E-state index is 0.731. The Morgan fingerprint density at radius 2 is 2.40 bits per heavy atom. The standard InChI is InChI=1S/C8H16N2/c1-2-10-5-6-3-7(6)8(10)4-9/h6-8H,2-5,9H2,1H3. The molecule has 0 spiro atoms. The summed E-state index contributed by atoms with van der Waals surface area (Å²) in [6, 6.07) is 0.731. The van der Waals surface area contributed by atoms with Crippen LogP contribution in [0.1, 0.15) is 13.3 Å². The number of piperidine rings is 1.